The number of hydrogen-bond donors (Lipinski definition) is 0. The predicted molar refractivity (Wildman–Crippen MR) is 90.6 cm³/mol. The van der Waals surface area contributed by atoms with E-state index in [1.54, 1.807) is 0 Å². The van der Waals surface area contributed by atoms with Crippen LogP contribution in [0.1, 0.15) is 28.4 Å². The Labute approximate surface area is 135 Å². The van der Waals surface area contributed by atoms with Crippen molar-refractivity contribution in [3.8, 4) is 16.9 Å². The molecule has 1 aliphatic heterocycles. The molecule has 0 aliphatic carbocycles. The van der Waals surface area contributed by atoms with Gasteiger partial charge < -0.3 is 4.74 Å². The van der Waals surface area contributed by atoms with E-state index in [9.17, 15) is 4.79 Å². The van der Waals surface area contributed by atoms with E-state index in [2.05, 4.69) is 12.1 Å². The van der Waals surface area contributed by atoms with Gasteiger partial charge in [0.15, 0.2) is 5.78 Å². The average Bonchev–Trinajstić information content (AvgIpc) is 2.62. The third-order valence-corrected chi connectivity index (χ3v) is 4.22. The monoisotopic (exact) mass is 300 g/mol. The summed E-state index contributed by atoms with van der Waals surface area (Å²) in [6, 6.07) is 25.6. The number of fused-ring (bicyclic) bond motifs is 3. The lowest BCUT2D eigenvalue weighted by Gasteiger charge is -2.28. The summed E-state index contributed by atoms with van der Waals surface area (Å²) in [5.41, 5.74) is 4.05. The first-order valence-corrected chi connectivity index (χ1v) is 7.76. The molecule has 0 N–H and O–H groups in total. The molecular formula is C21H16O2. The second kappa shape index (κ2) is 5.73. The average molecular weight is 300 g/mol. The van der Waals surface area contributed by atoms with E-state index in [0.29, 0.717) is 6.42 Å². The van der Waals surface area contributed by atoms with Gasteiger partial charge >= 0.3 is 0 Å². The van der Waals surface area contributed by atoms with Crippen LogP contribution in [0.4, 0.5) is 0 Å². The molecule has 2 nitrogen and oxygen atoms in total. The van der Waals surface area contributed by atoms with Crippen molar-refractivity contribution < 1.29 is 9.53 Å². The highest BCUT2D eigenvalue weighted by Crippen LogP contribution is 2.43. The third kappa shape index (κ3) is 2.53. The predicted octanol–water partition coefficient (Wildman–Crippen LogP) is 5.06. The van der Waals surface area contributed by atoms with E-state index < -0.39 is 0 Å². The lowest BCUT2D eigenvalue weighted by Crippen LogP contribution is -2.17. The van der Waals surface area contributed by atoms with Crippen LogP contribution in [0.5, 0.6) is 5.75 Å². The van der Waals surface area contributed by atoms with Gasteiger partial charge in [0.25, 0.3) is 0 Å². The maximum absolute atomic E-state index is 12.6. The molecule has 1 atom stereocenters. The quantitative estimate of drug-likeness (QED) is 0.632. The van der Waals surface area contributed by atoms with Crippen LogP contribution in [0.3, 0.4) is 0 Å². The largest absolute Gasteiger partial charge is 0.485 e. The molecule has 0 saturated carbocycles. The Hall–Kier alpha value is -2.87. The van der Waals surface area contributed by atoms with Gasteiger partial charge in [0.2, 0.25) is 0 Å². The van der Waals surface area contributed by atoms with Crippen molar-refractivity contribution in [1.29, 1.82) is 0 Å². The fourth-order valence-electron chi connectivity index (χ4n) is 3.09. The molecule has 23 heavy (non-hydrogen) atoms. The van der Waals surface area contributed by atoms with Gasteiger partial charge in [0, 0.05) is 16.7 Å². The lowest BCUT2D eigenvalue weighted by molar-refractivity contribution is 0.0904. The van der Waals surface area contributed by atoms with Crippen molar-refractivity contribution in [2.75, 3.05) is 0 Å². The van der Waals surface area contributed by atoms with E-state index in [1.807, 2.05) is 66.7 Å². The Bertz CT molecular complexity index is 852. The summed E-state index contributed by atoms with van der Waals surface area (Å²) in [4.78, 5) is 12.6. The van der Waals surface area contributed by atoms with Crippen LogP contribution in [0.25, 0.3) is 11.1 Å². The van der Waals surface area contributed by atoms with Gasteiger partial charge in [-0.1, -0.05) is 72.8 Å². The molecule has 1 unspecified atom stereocenters. The van der Waals surface area contributed by atoms with Crippen molar-refractivity contribution in [3.63, 3.8) is 0 Å². The second-order valence-corrected chi connectivity index (χ2v) is 5.68. The summed E-state index contributed by atoms with van der Waals surface area (Å²) in [6.45, 7) is 0. The molecule has 1 heterocycles. The number of hydrogen-bond acceptors (Lipinski definition) is 2. The molecule has 0 saturated heterocycles. The van der Waals surface area contributed by atoms with Crippen LogP contribution in [-0.4, -0.2) is 5.78 Å². The normalized spacial score (nSPS) is 15.2. The minimum absolute atomic E-state index is 0.102. The number of para-hydroxylation sites is 1. The van der Waals surface area contributed by atoms with Gasteiger partial charge in [-0.25, -0.2) is 0 Å². The SMILES string of the molecule is O=C(CC1Oc2ccccc2-c2ccccc21)c1ccccc1. The summed E-state index contributed by atoms with van der Waals surface area (Å²) < 4.78 is 6.13. The first-order valence-electron chi connectivity index (χ1n) is 7.76. The number of Topliss-reactive ketones (excluding diaryl/α,β-unsaturated/α-hetero) is 1. The molecule has 0 amide bonds. The number of benzene rings is 3. The highest BCUT2D eigenvalue weighted by Gasteiger charge is 2.27. The third-order valence-electron chi connectivity index (χ3n) is 4.22. The Kier molecular flexibility index (Phi) is 3.43. The van der Waals surface area contributed by atoms with Crippen molar-refractivity contribution in [3.05, 3.63) is 90.0 Å². The summed E-state index contributed by atoms with van der Waals surface area (Å²) >= 11 is 0. The topological polar surface area (TPSA) is 26.3 Å². The zero-order chi connectivity index (χ0) is 15.6. The lowest BCUT2D eigenvalue weighted by atomic mass is 9.90. The fourth-order valence-corrected chi connectivity index (χ4v) is 3.09. The smallest absolute Gasteiger partial charge is 0.166 e. The van der Waals surface area contributed by atoms with E-state index in [1.165, 1.54) is 0 Å². The highest BCUT2D eigenvalue weighted by molar-refractivity contribution is 5.96. The van der Waals surface area contributed by atoms with Gasteiger partial charge in [0.05, 0.1) is 6.42 Å². The summed E-state index contributed by atoms with van der Waals surface area (Å²) in [6.07, 6.45) is 0.101. The zero-order valence-corrected chi connectivity index (χ0v) is 12.6. The molecular weight excluding hydrogens is 284 g/mol. The van der Waals surface area contributed by atoms with E-state index in [4.69, 9.17) is 4.74 Å². The summed E-state index contributed by atoms with van der Waals surface area (Å²) in [7, 11) is 0. The molecule has 112 valence electrons. The molecule has 2 heteroatoms. The maximum Gasteiger partial charge on any atom is 0.166 e. The molecule has 0 bridgehead atoms. The van der Waals surface area contributed by atoms with Gasteiger partial charge in [-0.15, -0.1) is 0 Å². The van der Waals surface area contributed by atoms with Crippen LogP contribution in [0, 0.1) is 0 Å². The van der Waals surface area contributed by atoms with Crippen molar-refractivity contribution in [2.45, 2.75) is 12.5 Å². The Morgan fingerprint density at radius 1 is 0.783 bits per heavy atom. The molecule has 3 aromatic rings. The number of carbonyl (C=O) groups excluding carboxylic acids is 1. The van der Waals surface area contributed by atoms with Gasteiger partial charge in [-0.2, -0.15) is 0 Å². The van der Waals surface area contributed by atoms with Crippen LogP contribution in [-0.2, 0) is 0 Å². The summed E-state index contributed by atoms with van der Waals surface area (Å²) in [5, 5.41) is 0. The van der Waals surface area contributed by atoms with Gasteiger partial charge in [-0.05, 0) is 11.6 Å². The van der Waals surface area contributed by atoms with Gasteiger partial charge in [-0.3, -0.25) is 4.79 Å². The standard InChI is InChI=1S/C21H16O2/c22-19(15-8-2-1-3-9-15)14-21-18-12-5-4-10-16(18)17-11-6-7-13-20(17)23-21/h1-13,21H,14H2. The molecule has 0 spiro atoms. The van der Waals surface area contributed by atoms with Crippen LogP contribution in [0.15, 0.2) is 78.9 Å². The first-order chi connectivity index (χ1) is 11.3. The molecule has 0 fully saturated rings. The first kappa shape index (κ1) is 13.8. The highest BCUT2D eigenvalue weighted by atomic mass is 16.5. The van der Waals surface area contributed by atoms with Gasteiger partial charge in [0.1, 0.15) is 11.9 Å². The van der Waals surface area contributed by atoms with Crippen molar-refractivity contribution >= 4 is 5.78 Å². The number of ether oxygens (including phenoxy) is 1. The molecule has 0 aromatic heterocycles. The minimum Gasteiger partial charge on any atom is -0.485 e. The van der Waals surface area contributed by atoms with Crippen molar-refractivity contribution in [1.82, 2.24) is 0 Å². The summed E-state index contributed by atoms with van der Waals surface area (Å²) in [5.74, 6) is 0.946. The van der Waals surface area contributed by atoms with Crippen LogP contribution >= 0.6 is 0 Å². The molecule has 0 radical (unpaired) electrons. The zero-order valence-electron chi connectivity index (χ0n) is 12.6. The van der Waals surface area contributed by atoms with E-state index in [0.717, 1.165) is 28.0 Å². The number of rotatable bonds is 3. The Morgan fingerprint density at radius 2 is 1.43 bits per heavy atom. The molecule has 3 aromatic carbocycles. The van der Waals surface area contributed by atoms with Crippen molar-refractivity contribution in [2.24, 2.45) is 0 Å². The Morgan fingerprint density at radius 3 is 2.26 bits per heavy atom. The van der Waals surface area contributed by atoms with Crippen LogP contribution in [0.2, 0.25) is 0 Å². The van der Waals surface area contributed by atoms with E-state index in [-0.39, 0.29) is 11.9 Å². The fraction of sp³-hybridized carbons (Fsp3) is 0.0952. The maximum atomic E-state index is 12.6. The van der Waals surface area contributed by atoms with Crippen LogP contribution < -0.4 is 4.74 Å². The van der Waals surface area contributed by atoms with E-state index >= 15 is 0 Å². The minimum atomic E-state index is -0.242. The second-order valence-electron chi connectivity index (χ2n) is 5.68. The molecule has 4 rings (SSSR count). The molecule has 1 aliphatic rings. The number of carbonyl (C=O) groups is 1. The number of ketones is 1. The Balaban J connectivity index is 1.70.